The van der Waals surface area contributed by atoms with Crippen LogP contribution in [0.15, 0.2) is 30.3 Å². The summed E-state index contributed by atoms with van der Waals surface area (Å²) in [5.74, 6) is 1.50. The number of amides is 1. The van der Waals surface area contributed by atoms with E-state index in [0.29, 0.717) is 29.4 Å². The smallest absolute Gasteiger partial charge is 0.223 e. The van der Waals surface area contributed by atoms with Crippen LogP contribution in [0.25, 0.3) is 0 Å². The highest BCUT2D eigenvalue weighted by molar-refractivity contribution is 5.98. The van der Waals surface area contributed by atoms with Gasteiger partial charge in [0.1, 0.15) is 0 Å². The molecule has 0 aliphatic heterocycles. The van der Waals surface area contributed by atoms with E-state index < -0.39 is 0 Å². The molecule has 1 amide bonds. The highest BCUT2D eigenvalue weighted by Crippen LogP contribution is 2.40. The molecule has 0 unspecified atom stereocenters. The highest BCUT2D eigenvalue weighted by atomic mass is 16.5. The van der Waals surface area contributed by atoms with Crippen LogP contribution in [0, 0.1) is 0 Å². The van der Waals surface area contributed by atoms with Crippen molar-refractivity contribution in [1.82, 2.24) is 4.90 Å². The molecule has 0 heterocycles. The molecule has 2 aromatic rings. The van der Waals surface area contributed by atoms with Crippen LogP contribution < -0.4 is 14.2 Å². The first-order valence-electron chi connectivity index (χ1n) is 10.1. The van der Waals surface area contributed by atoms with Crippen LogP contribution in [0.3, 0.4) is 0 Å². The van der Waals surface area contributed by atoms with E-state index in [1.165, 1.54) is 11.1 Å². The molecule has 6 nitrogen and oxygen atoms in total. The second-order valence-corrected chi connectivity index (χ2v) is 7.50. The second kappa shape index (κ2) is 9.65. The molecule has 2 aromatic carbocycles. The van der Waals surface area contributed by atoms with E-state index >= 15 is 0 Å². The van der Waals surface area contributed by atoms with Gasteiger partial charge in [0.2, 0.25) is 11.7 Å². The Morgan fingerprint density at radius 2 is 1.63 bits per heavy atom. The van der Waals surface area contributed by atoms with Crippen LogP contribution in [0.5, 0.6) is 17.2 Å². The molecule has 0 spiro atoms. The van der Waals surface area contributed by atoms with Gasteiger partial charge in [-0.05, 0) is 48.6 Å². The van der Waals surface area contributed by atoms with E-state index in [2.05, 4.69) is 0 Å². The van der Waals surface area contributed by atoms with Crippen molar-refractivity contribution in [2.75, 3.05) is 28.4 Å². The Hall–Kier alpha value is -3.02. The third kappa shape index (κ3) is 4.58. The summed E-state index contributed by atoms with van der Waals surface area (Å²) in [7, 11) is 6.38. The molecular weight excluding hydrogens is 382 g/mol. The Labute approximate surface area is 177 Å². The molecule has 1 aliphatic rings. The van der Waals surface area contributed by atoms with E-state index in [4.69, 9.17) is 14.2 Å². The van der Waals surface area contributed by atoms with Gasteiger partial charge in [-0.2, -0.15) is 0 Å². The fourth-order valence-electron chi connectivity index (χ4n) is 3.93. The van der Waals surface area contributed by atoms with Crippen LogP contribution in [-0.4, -0.2) is 45.0 Å². The normalized spacial score (nSPS) is 12.3. The maximum absolute atomic E-state index is 12.6. The van der Waals surface area contributed by atoms with Crippen molar-refractivity contribution in [1.29, 1.82) is 0 Å². The number of rotatable bonds is 9. The number of ether oxygens (including phenoxy) is 3. The number of nitrogens with zero attached hydrogens (tertiary/aromatic N) is 1. The third-order valence-corrected chi connectivity index (χ3v) is 5.61. The van der Waals surface area contributed by atoms with Gasteiger partial charge in [-0.25, -0.2) is 0 Å². The van der Waals surface area contributed by atoms with E-state index in [-0.39, 0.29) is 24.5 Å². The lowest BCUT2D eigenvalue weighted by Crippen LogP contribution is -2.26. The summed E-state index contributed by atoms with van der Waals surface area (Å²) in [6.07, 6.45) is 3.64. The van der Waals surface area contributed by atoms with E-state index in [0.717, 1.165) is 24.8 Å². The van der Waals surface area contributed by atoms with E-state index in [1.54, 1.807) is 39.3 Å². The first kappa shape index (κ1) is 21.7. The minimum absolute atomic E-state index is 0.00940. The van der Waals surface area contributed by atoms with Crippen molar-refractivity contribution >= 4 is 11.7 Å². The van der Waals surface area contributed by atoms with Crippen LogP contribution in [0.2, 0.25) is 0 Å². The van der Waals surface area contributed by atoms with Crippen molar-refractivity contribution in [3.05, 3.63) is 52.6 Å². The molecule has 0 atom stereocenters. The summed E-state index contributed by atoms with van der Waals surface area (Å²) < 4.78 is 16.2. The van der Waals surface area contributed by atoms with Gasteiger partial charge in [-0.3, -0.25) is 9.59 Å². The number of hydrogen-bond donors (Lipinski definition) is 0. The number of benzene rings is 2. The number of ketones is 1. The van der Waals surface area contributed by atoms with Gasteiger partial charge in [-0.1, -0.05) is 12.1 Å². The monoisotopic (exact) mass is 411 g/mol. The quantitative estimate of drug-likeness (QED) is 0.587. The standard InChI is InChI=1S/C24H29NO5/c1-25(15-19-10-12-21(28-2)24(30-4)23(19)29-3)22(27)13-11-20(26)18-9-8-16-6-5-7-17(16)14-18/h8-10,12,14H,5-7,11,13,15H2,1-4H3. The SMILES string of the molecule is COc1ccc(CN(C)C(=O)CCC(=O)c2ccc3c(c2)CCC3)c(OC)c1OC. The summed E-state index contributed by atoms with van der Waals surface area (Å²) in [4.78, 5) is 26.8. The summed E-state index contributed by atoms with van der Waals surface area (Å²) in [6, 6.07) is 9.56. The number of carbonyl (C=O) groups excluding carboxylic acids is 2. The first-order valence-corrected chi connectivity index (χ1v) is 10.1. The maximum Gasteiger partial charge on any atom is 0.223 e. The number of methoxy groups -OCH3 is 3. The van der Waals surface area contributed by atoms with Gasteiger partial charge >= 0.3 is 0 Å². The molecule has 1 aliphatic carbocycles. The lowest BCUT2D eigenvalue weighted by molar-refractivity contribution is -0.130. The topological polar surface area (TPSA) is 65.1 Å². The van der Waals surface area contributed by atoms with E-state index in [1.807, 2.05) is 24.3 Å². The molecule has 0 bridgehead atoms. The van der Waals surface area contributed by atoms with Crippen molar-refractivity contribution in [3.63, 3.8) is 0 Å². The van der Waals surface area contributed by atoms with Crippen LogP contribution >= 0.6 is 0 Å². The van der Waals surface area contributed by atoms with Crippen LogP contribution in [0.1, 0.15) is 46.3 Å². The van der Waals surface area contributed by atoms with Gasteiger partial charge in [0.25, 0.3) is 0 Å². The molecule has 0 saturated carbocycles. The number of carbonyl (C=O) groups is 2. The molecule has 0 radical (unpaired) electrons. The summed E-state index contributed by atoms with van der Waals surface area (Å²) >= 11 is 0. The van der Waals surface area contributed by atoms with Gasteiger partial charge in [0.05, 0.1) is 21.3 Å². The summed E-state index contributed by atoms with van der Waals surface area (Å²) in [6.45, 7) is 0.343. The van der Waals surface area contributed by atoms with Gasteiger partial charge in [-0.15, -0.1) is 0 Å². The zero-order chi connectivity index (χ0) is 21.7. The molecule has 160 valence electrons. The first-order chi connectivity index (χ1) is 14.5. The number of aryl methyl sites for hydroxylation is 2. The highest BCUT2D eigenvalue weighted by Gasteiger charge is 2.20. The molecule has 30 heavy (non-hydrogen) atoms. The van der Waals surface area contributed by atoms with Crippen molar-refractivity contribution in [2.45, 2.75) is 38.6 Å². The zero-order valence-corrected chi connectivity index (χ0v) is 18.1. The second-order valence-electron chi connectivity index (χ2n) is 7.50. The summed E-state index contributed by atoms with van der Waals surface area (Å²) in [5.41, 5.74) is 4.11. The fourth-order valence-corrected chi connectivity index (χ4v) is 3.93. The molecular formula is C24H29NO5. The predicted octanol–water partition coefficient (Wildman–Crippen LogP) is 3.82. The zero-order valence-electron chi connectivity index (χ0n) is 18.1. The lowest BCUT2D eigenvalue weighted by Gasteiger charge is -2.21. The molecule has 3 rings (SSSR count). The number of Topliss-reactive ketones (excluding diaryl/α,β-unsaturated/α-hetero) is 1. The Kier molecular flexibility index (Phi) is 6.98. The predicted molar refractivity (Wildman–Crippen MR) is 115 cm³/mol. The molecule has 0 fully saturated rings. The fraction of sp³-hybridized carbons (Fsp3) is 0.417. The maximum atomic E-state index is 12.6. The molecule has 0 aromatic heterocycles. The third-order valence-electron chi connectivity index (χ3n) is 5.61. The van der Waals surface area contributed by atoms with Gasteiger partial charge in [0.15, 0.2) is 17.3 Å². The molecule has 6 heteroatoms. The van der Waals surface area contributed by atoms with Crippen molar-refractivity contribution < 1.29 is 23.8 Å². The van der Waals surface area contributed by atoms with Crippen molar-refractivity contribution in [3.8, 4) is 17.2 Å². The number of fused-ring (bicyclic) bond motifs is 1. The largest absolute Gasteiger partial charge is 0.493 e. The molecule has 0 N–H and O–H groups in total. The minimum atomic E-state index is -0.0960. The van der Waals surface area contributed by atoms with Crippen LogP contribution in [-0.2, 0) is 24.2 Å². The Morgan fingerprint density at radius 1 is 0.900 bits per heavy atom. The minimum Gasteiger partial charge on any atom is -0.493 e. The van der Waals surface area contributed by atoms with Gasteiger partial charge < -0.3 is 19.1 Å². The Bertz CT molecular complexity index is 937. The average molecular weight is 411 g/mol. The van der Waals surface area contributed by atoms with Crippen molar-refractivity contribution in [2.24, 2.45) is 0 Å². The Balaban J connectivity index is 1.62. The number of hydrogen-bond acceptors (Lipinski definition) is 5. The van der Waals surface area contributed by atoms with E-state index in [9.17, 15) is 9.59 Å². The van der Waals surface area contributed by atoms with Crippen LogP contribution in [0.4, 0.5) is 0 Å². The molecule has 0 saturated heterocycles. The lowest BCUT2D eigenvalue weighted by atomic mass is 10.0. The summed E-state index contributed by atoms with van der Waals surface area (Å²) in [5, 5.41) is 0. The van der Waals surface area contributed by atoms with Gasteiger partial charge in [0, 0.05) is 37.6 Å². The Morgan fingerprint density at radius 3 is 2.33 bits per heavy atom. The average Bonchev–Trinajstić information content (AvgIpc) is 3.24.